The Hall–Kier alpha value is -4.45. The Morgan fingerprint density at radius 3 is 2.49 bits per heavy atom. The lowest BCUT2D eigenvalue weighted by Crippen LogP contribution is -2.40. The summed E-state index contributed by atoms with van der Waals surface area (Å²) < 4.78 is 7.81. The van der Waals surface area contributed by atoms with E-state index >= 15 is 0 Å². The summed E-state index contributed by atoms with van der Waals surface area (Å²) >= 11 is 0. The second-order valence-corrected chi connectivity index (χ2v) is 8.57. The molecule has 0 aliphatic carbocycles. The number of likely N-dealkylation sites (tertiary alicyclic amines) is 1. The highest BCUT2D eigenvalue weighted by atomic mass is 16.5. The van der Waals surface area contributed by atoms with Crippen LogP contribution in [0.15, 0.2) is 60.9 Å². The van der Waals surface area contributed by atoms with Gasteiger partial charge in [-0.2, -0.15) is 5.10 Å². The molecule has 0 saturated carbocycles. The molecule has 1 aliphatic heterocycles. The molecule has 1 aliphatic rings. The second kappa shape index (κ2) is 9.81. The SMILES string of the molecule is [C-]#[N+]CC(=O)N1CCC(Cn2nc(-c3ccc(Oc4ccccc4)cc3)c3c(N)ncnc32)CC1. The fourth-order valence-electron chi connectivity index (χ4n) is 4.44. The molecule has 9 heteroatoms. The zero-order chi connectivity index (χ0) is 24.2. The Kier molecular flexibility index (Phi) is 6.26. The van der Waals surface area contributed by atoms with Crippen molar-refractivity contribution in [3.05, 3.63) is 72.3 Å². The van der Waals surface area contributed by atoms with Crippen molar-refractivity contribution in [3.63, 3.8) is 0 Å². The predicted octanol–water partition coefficient (Wildman–Crippen LogP) is 4.03. The van der Waals surface area contributed by atoms with Crippen LogP contribution in [0, 0.1) is 12.5 Å². The van der Waals surface area contributed by atoms with Gasteiger partial charge in [-0.3, -0.25) is 4.79 Å². The maximum atomic E-state index is 12.0. The number of nitrogens with two attached hydrogens (primary N) is 1. The molecule has 0 atom stereocenters. The molecule has 2 aromatic heterocycles. The lowest BCUT2D eigenvalue weighted by Gasteiger charge is -2.30. The average Bonchev–Trinajstić information content (AvgIpc) is 3.25. The summed E-state index contributed by atoms with van der Waals surface area (Å²) in [4.78, 5) is 25.7. The standard InChI is InChI=1S/C26H25N7O2/c1-28-15-22(34)32-13-11-18(12-14-32)16-33-26-23(25(27)29-17-30-26)24(31-33)19-7-9-21(10-8-19)35-20-5-3-2-4-6-20/h2-10,17-18H,11-16H2,(H2,27,29,30). The highest BCUT2D eigenvalue weighted by Crippen LogP contribution is 2.33. The van der Waals surface area contributed by atoms with Gasteiger partial charge in [0.05, 0.1) is 5.39 Å². The molecule has 35 heavy (non-hydrogen) atoms. The zero-order valence-electron chi connectivity index (χ0n) is 19.2. The first kappa shape index (κ1) is 22.3. The summed E-state index contributed by atoms with van der Waals surface area (Å²) in [5.74, 6) is 2.15. The molecule has 0 radical (unpaired) electrons. The topological polar surface area (TPSA) is 104 Å². The van der Waals surface area contributed by atoms with Gasteiger partial charge in [0, 0.05) is 25.2 Å². The van der Waals surface area contributed by atoms with Gasteiger partial charge in [-0.25, -0.2) is 21.2 Å². The molecule has 3 heterocycles. The summed E-state index contributed by atoms with van der Waals surface area (Å²) in [6, 6.07) is 17.4. The maximum Gasteiger partial charge on any atom is 0.302 e. The molecule has 1 saturated heterocycles. The number of ether oxygens (including phenoxy) is 1. The maximum absolute atomic E-state index is 12.0. The number of hydrogen-bond donors (Lipinski definition) is 1. The van der Waals surface area contributed by atoms with E-state index in [9.17, 15) is 4.79 Å². The van der Waals surface area contributed by atoms with Crippen molar-refractivity contribution >= 4 is 22.8 Å². The summed E-state index contributed by atoms with van der Waals surface area (Å²) in [5.41, 5.74) is 8.58. The van der Waals surface area contributed by atoms with Crippen molar-refractivity contribution in [2.45, 2.75) is 19.4 Å². The Bertz CT molecular complexity index is 1370. The van der Waals surface area contributed by atoms with E-state index in [0.29, 0.717) is 37.0 Å². The van der Waals surface area contributed by atoms with Gasteiger partial charge in [0.2, 0.25) is 0 Å². The van der Waals surface area contributed by atoms with Crippen LogP contribution in [0.4, 0.5) is 5.82 Å². The highest BCUT2D eigenvalue weighted by Gasteiger charge is 2.26. The Labute approximate surface area is 203 Å². The number of nitrogens with zero attached hydrogens (tertiary/aromatic N) is 6. The lowest BCUT2D eigenvalue weighted by molar-refractivity contribution is -0.130. The molecule has 0 bridgehead atoms. The minimum atomic E-state index is -0.0921. The van der Waals surface area contributed by atoms with Crippen molar-refractivity contribution in [2.24, 2.45) is 5.92 Å². The van der Waals surface area contributed by atoms with E-state index in [1.165, 1.54) is 6.33 Å². The molecule has 5 rings (SSSR count). The summed E-state index contributed by atoms with van der Waals surface area (Å²) in [5, 5.41) is 5.62. The Morgan fingerprint density at radius 1 is 1.06 bits per heavy atom. The molecule has 1 amide bonds. The normalized spacial score (nSPS) is 14.1. The molecule has 0 unspecified atom stereocenters. The Balaban J connectivity index is 1.37. The van der Waals surface area contributed by atoms with Crippen molar-refractivity contribution in [1.82, 2.24) is 24.6 Å². The van der Waals surface area contributed by atoms with E-state index in [0.717, 1.165) is 41.0 Å². The number of hydrogen-bond acceptors (Lipinski definition) is 6. The fourth-order valence-corrected chi connectivity index (χ4v) is 4.44. The molecular weight excluding hydrogens is 442 g/mol. The number of amides is 1. The molecule has 2 N–H and O–H groups in total. The van der Waals surface area contributed by atoms with E-state index < -0.39 is 0 Å². The lowest BCUT2D eigenvalue weighted by atomic mass is 9.97. The average molecular weight is 468 g/mol. The summed E-state index contributed by atoms with van der Waals surface area (Å²) in [6.07, 6.45) is 3.17. The zero-order valence-corrected chi connectivity index (χ0v) is 19.2. The molecule has 1 fully saturated rings. The second-order valence-electron chi connectivity index (χ2n) is 8.57. The number of anilines is 1. The van der Waals surface area contributed by atoms with Gasteiger partial charge in [-0.05, 0) is 55.2 Å². The largest absolute Gasteiger partial charge is 0.457 e. The van der Waals surface area contributed by atoms with Crippen LogP contribution in [0.3, 0.4) is 0 Å². The van der Waals surface area contributed by atoms with Crippen LogP contribution in [0.2, 0.25) is 0 Å². The summed E-state index contributed by atoms with van der Waals surface area (Å²) in [7, 11) is 0. The van der Waals surface area contributed by atoms with Crippen LogP contribution < -0.4 is 10.5 Å². The van der Waals surface area contributed by atoms with Crippen LogP contribution in [0.5, 0.6) is 11.5 Å². The molecular formula is C26H25N7O2. The van der Waals surface area contributed by atoms with Crippen LogP contribution in [-0.2, 0) is 11.3 Å². The number of piperidine rings is 1. The number of rotatable bonds is 6. The van der Waals surface area contributed by atoms with Crippen LogP contribution in [-0.4, -0.2) is 50.2 Å². The van der Waals surface area contributed by atoms with E-state index in [4.69, 9.17) is 22.1 Å². The first-order chi connectivity index (χ1) is 17.1. The van der Waals surface area contributed by atoms with E-state index in [1.807, 2.05) is 59.3 Å². The van der Waals surface area contributed by atoms with E-state index in [2.05, 4.69) is 14.8 Å². The first-order valence-electron chi connectivity index (χ1n) is 11.5. The number of carbonyl (C=O) groups excluding carboxylic acids is 1. The molecule has 0 spiro atoms. The van der Waals surface area contributed by atoms with Crippen molar-refractivity contribution in [2.75, 3.05) is 25.4 Å². The summed E-state index contributed by atoms with van der Waals surface area (Å²) in [6.45, 7) is 8.82. The van der Waals surface area contributed by atoms with Gasteiger partial charge >= 0.3 is 5.91 Å². The molecule has 176 valence electrons. The third kappa shape index (κ3) is 4.77. The smallest absolute Gasteiger partial charge is 0.302 e. The minimum absolute atomic E-state index is 0.0802. The van der Waals surface area contributed by atoms with E-state index in [-0.39, 0.29) is 12.5 Å². The number of aromatic nitrogens is 4. The quantitative estimate of drug-likeness (QED) is 0.430. The van der Waals surface area contributed by atoms with Gasteiger partial charge in [-0.1, -0.05) is 18.2 Å². The predicted molar refractivity (Wildman–Crippen MR) is 132 cm³/mol. The van der Waals surface area contributed by atoms with Crippen molar-refractivity contribution < 1.29 is 9.53 Å². The molecule has 4 aromatic rings. The first-order valence-corrected chi connectivity index (χ1v) is 11.5. The number of nitrogen functional groups attached to an aromatic ring is 1. The monoisotopic (exact) mass is 467 g/mol. The van der Waals surface area contributed by atoms with Gasteiger partial charge < -0.3 is 20.2 Å². The van der Waals surface area contributed by atoms with Crippen molar-refractivity contribution in [3.8, 4) is 22.8 Å². The minimum Gasteiger partial charge on any atom is -0.457 e. The number of para-hydroxylation sites is 1. The van der Waals surface area contributed by atoms with Gasteiger partial charge in [-0.15, -0.1) is 0 Å². The van der Waals surface area contributed by atoms with Gasteiger partial charge in [0.25, 0.3) is 6.54 Å². The Morgan fingerprint density at radius 2 is 1.77 bits per heavy atom. The van der Waals surface area contributed by atoms with Gasteiger partial charge in [0.1, 0.15) is 29.3 Å². The number of fused-ring (bicyclic) bond motifs is 1. The third-order valence-electron chi connectivity index (χ3n) is 6.28. The molecule has 2 aromatic carbocycles. The van der Waals surface area contributed by atoms with Crippen LogP contribution in [0.1, 0.15) is 12.8 Å². The number of carbonyl (C=O) groups is 1. The fraction of sp³-hybridized carbons (Fsp3) is 0.269. The third-order valence-corrected chi connectivity index (χ3v) is 6.28. The molecule has 9 nitrogen and oxygen atoms in total. The van der Waals surface area contributed by atoms with Gasteiger partial charge in [0.15, 0.2) is 5.65 Å². The van der Waals surface area contributed by atoms with Crippen LogP contribution >= 0.6 is 0 Å². The number of benzene rings is 2. The van der Waals surface area contributed by atoms with Crippen molar-refractivity contribution in [1.29, 1.82) is 0 Å². The van der Waals surface area contributed by atoms with Crippen LogP contribution in [0.25, 0.3) is 27.1 Å². The highest BCUT2D eigenvalue weighted by molar-refractivity contribution is 5.98. The van der Waals surface area contributed by atoms with E-state index in [1.54, 1.807) is 4.90 Å².